The largest absolute Gasteiger partial charge is 0.504 e. The molecule has 0 aliphatic carbocycles. The molecule has 7 heteroatoms. The number of sulfone groups is 1. The number of aromatic hydroxyl groups is 1. The highest BCUT2D eigenvalue weighted by atomic mass is 79.9. The van der Waals surface area contributed by atoms with Crippen molar-refractivity contribution in [3.63, 3.8) is 0 Å². The summed E-state index contributed by atoms with van der Waals surface area (Å²) in [6.07, 6.45) is 2.69. The molecule has 1 aromatic rings. The van der Waals surface area contributed by atoms with Gasteiger partial charge in [0.1, 0.15) is 4.60 Å². The zero-order valence-corrected chi connectivity index (χ0v) is 10.3. The monoisotopic (exact) mass is 294 g/mol. The second-order valence-electron chi connectivity index (χ2n) is 3.63. The highest BCUT2D eigenvalue weighted by molar-refractivity contribution is 9.10. The molecular weight excluding hydrogens is 284 g/mol. The number of nitrogens with zero attached hydrogens (tertiary/aromatic N) is 2. The summed E-state index contributed by atoms with van der Waals surface area (Å²) in [6, 6.07) is 0. The van der Waals surface area contributed by atoms with Gasteiger partial charge in [-0.15, -0.1) is 0 Å². The predicted molar refractivity (Wildman–Crippen MR) is 58.4 cm³/mol. The van der Waals surface area contributed by atoms with E-state index in [9.17, 15) is 13.5 Å². The quantitative estimate of drug-likeness (QED) is 0.881. The molecule has 0 radical (unpaired) electrons. The predicted octanol–water partition coefficient (Wildman–Crippen LogP) is 0.928. The van der Waals surface area contributed by atoms with E-state index in [1.54, 1.807) is 0 Å². The number of hydrogen-bond donors (Lipinski definition) is 1. The Kier molecular flexibility index (Phi) is 2.76. The Morgan fingerprint density at radius 2 is 2.40 bits per heavy atom. The van der Waals surface area contributed by atoms with E-state index in [4.69, 9.17) is 0 Å². The molecule has 0 saturated carbocycles. The Morgan fingerprint density at radius 1 is 1.67 bits per heavy atom. The molecule has 84 valence electrons. The van der Waals surface area contributed by atoms with Crippen LogP contribution in [0.3, 0.4) is 0 Å². The average Bonchev–Trinajstić information content (AvgIpc) is 2.64. The Balaban J connectivity index is 2.19. The van der Waals surface area contributed by atoms with Gasteiger partial charge in [-0.05, 0) is 28.8 Å². The molecule has 1 aromatic heterocycles. The Hall–Kier alpha value is -0.560. The fourth-order valence-corrected chi connectivity index (χ4v) is 3.88. The minimum atomic E-state index is -2.96. The van der Waals surface area contributed by atoms with Gasteiger partial charge in [-0.1, -0.05) is 0 Å². The van der Waals surface area contributed by atoms with Crippen LogP contribution in [0.5, 0.6) is 5.75 Å². The van der Waals surface area contributed by atoms with Crippen LogP contribution in [0.25, 0.3) is 0 Å². The summed E-state index contributed by atoms with van der Waals surface area (Å²) in [5.41, 5.74) is 0. The van der Waals surface area contributed by atoms with Crippen LogP contribution < -0.4 is 0 Å². The van der Waals surface area contributed by atoms with Crippen LogP contribution in [0.15, 0.2) is 10.8 Å². The van der Waals surface area contributed by atoms with Crippen molar-refractivity contribution < 1.29 is 13.5 Å². The topological polar surface area (TPSA) is 72.2 Å². The molecule has 2 heterocycles. The molecule has 5 nitrogen and oxygen atoms in total. The number of aromatic nitrogens is 2. The van der Waals surface area contributed by atoms with Crippen LogP contribution in [0.4, 0.5) is 0 Å². The zero-order chi connectivity index (χ0) is 11.1. The standard InChI is InChI=1S/C8H11BrN2O3S/c9-8-7(12)4-10-11(8)5-6-2-1-3-15(6,13)14/h4,6,12H,1-3,5H2. The van der Waals surface area contributed by atoms with E-state index in [2.05, 4.69) is 21.0 Å². The van der Waals surface area contributed by atoms with E-state index in [-0.39, 0.29) is 16.8 Å². The van der Waals surface area contributed by atoms with Crippen LogP contribution >= 0.6 is 15.9 Å². The summed E-state index contributed by atoms with van der Waals surface area (Å²) in [6.45, 7) is 0.309. The van der Waals surface area contributed by atoms with Crippen LogP contribution in [0.2, 0.25) is 0 Å². The van der Waals surface area contributed by atoms with E-state index >= 15 is 0 Å². The van der Waals surface area contributed by atoms with Gasteiger partial charge in [0, 0.05) is 0 Å². The van der Waals surface area contributed by atoms with Crippen molar-refractivity contribution in [2.75, 3.05) is 5.75 Å². The van der Waals surface area contributed by atoms with Gasteiger partial charge >= 0.3 is 0 Å². The second kappa shape index (κ2) is 3.79. The van der Waals surface area contributed by atoms with Crippen molar-refractivity contribution in [3.8, 4) is 5.75 Å². The van der Waals surface area contributed by atoms with Gasteiger partial charge in [0.2, 0.25) is 0 Å². The lowest BCUT2D eigenvalue weighted by Gasteiger charge is -2.09. The molecule has 1 unspecified atom stereocenters. The lowest BCUT2D eigenvalue weighted by Crippen LogP contribution is -2.22. The molecule has 1 saturated heterocycles. The Morgan fingerprint density at radius 3 is 2.87 bits per heavy atom. The Labute approximate surface area is 96.1 Å². The molecule has 1 aliphatic rings. The number of rotatable bonds is 2. The van der Waals surface area contributed by atoms with E-state index in [0.29, 0.717) is 17.6 Å². The second-order valence-corrected chi connectivity index (χ2v) is 6.79. The molecule has 0 aromatic carbocycles. The molecule has 1 fully saturated rings. The van der Waals surface area contributed by atoms with Crippen molar-refractivity contribution in [2.24, 2.45) is 0 Å². The lowest BCUT2D eigenvalue weighted by atomic mass is 10.2. The van der Waals surface area contributed by atoms with Crippen molar-refractivity contribution in [3.05, 3.63) is 10.8 Å². The first-order valence-corrected chi connectivity index (χ1v) is 7.13. The molecule has 1 atom stereocenters. The molecule has 2 rings (SSSR count). The van der Waals surface area contributed by atoms with Gasteiger partial charge in [0.05, 0.1) is 23.7 Å². The minimum Gasteiger partial charge on any atom is -0.504 e. The van der Waals surface area contributed by atoms with Gasteiger partial charge in [-0.2, -0.15) is 5.10 Å². The first-order valence-electron chi connectivity index (χ1n) is 4.62. The van der Waals surface area contributed by atoms with E-state index in [1.807, 2.05) is 0 Å². The highest BCUT2D eigenvalue weighted by Gasteiger charge is 2.32. The molecule has 1 aliphatic heterocycles. The summed E-state index contributed by atoms with van der Waals surface area (Å²) in [5.74, 6) is 0.299. The first-order chi connectivity index (χ1) is 7.00. The van der Waals surface area contributed by atoms with Gasteiger partial charge in [0.25, 0.3) is 0 Å². The molecule has 0 amide bonds. The first kappa shape index (κ1) is 10.9. The summed E-state index contributed by atoms with van der Waals surface area (Å²) in [5, 5.41) is 12.8. The molecule has 0 bridgehead atoms. The SMILES string of the molecule is O=S1(=O)CCCC1Cn1ncc(O)c1Br. The van der Waals surface area contributed by atoms with Gasteiger partial charge in [-0.25, -0.2) is 8.42 Å². The summed E-state index contributed by atoms with van der Waals surface area (Å²) < 4.78 is 25.0. The van der Waals surface area contributed by atoms with Gasteiger partial charge < -0.3 is 5.11 Å². The van der Waals surface area contributed by atoms with Crippen molar-refractivity contribution in [1.82, 2.24) is 9.78 Å². The normalized spacial score (nSPS) is 24.5. The average molecular weight is 295 g/mol. The van der Waals surface area contributed by atoms with Crippen LogP contribution in [0.1, 0.15) is 12.8 Å². The fourth-order valence-electron chi connectivity index (χ4n) is 1.74. The maximum absolute atomic E-state index is 11.6. The summed E-state index contributed by atoms with van der Waals surface area (Å²) in [7, 11) is -2.96. The summed E-state index contributed by atoms with van der Waals surface area (Å²) >= 11 is 3.15. The van der Waals surface area contributed by atoms with E-state index in [1.165, 1.54) is 10.9 Å². The maximum atomic E-state index is 11.6. The zero-order valence-electron chi connectivity index (χ0n) is 7.93. The Bertz CT molecular complexity index is 468. The van der Waals surface area contributed by atoms with Crippen LogP contribution in [-0.2, 0) is 16.4 Å². The third-order valence-corrected chi connectivity index (χ3v) is 5.67. The molecule has 1 N–H and O–H groups in total. The summed E-state index contributed by atoms with van der Waals surface area (Å²) in [4.78, 5) is 0. The highest BCUT2D eigenvalue weighted by Crippen LogP contribution is 2.26. The van der Waals surface area contributed by atoms with Gasteiger partial charge in [0.15, 0.2) is 15.6 Å². The van der Waals surface area contributed by atoms with E-state index in [0.717, 1.165) is 6.42 Å². The smallest absolute Gasteiger partial charge is 0.168 e. The molecule has 15 heavy (non-hydrogen) atoms. The minimum absolute atomic E-state index is 0.0328. The van der Waals surface area contributed by atoms with Crippen molar-refractivity contribution in [2.45, 2.75) is 24.6 Å². The van der Waals surface area contributed by atoms with Gasteiger partial charge in [-0.3, -0.25) is 4.68 Å². The van der Waals surface area contributed by atoms with Crippen LogP contribution in [0, 0.1) is 0 Å². The number of hydrogen-bond acceptors (Lipinski definition) is 4. The van der Waals surface area contributed by atoms with Crippen molar-refractivity contribution in [1.29, 1.82) is 0 Å². The lowest BCUT2D eigenvalue weighted by molar-refractivity contribution is 0.466. The third kappa shape index (κ3) is 2.03. The molecular formula is C8H11BrN2O3S. The maximum Gasteiger partial charge on any atom is 0.168 e. The number of halogens is 1. The third-order valence-electron chi connectivity index (χ3n) is 2.60. The van der Waals surface area contributed by atoms with Crippen molar-refractivity contribution >= 4 is 25.8 Å². The van der Waals surface area contributed by atoms with Crippen LogP contribution in [-0.4, -0.2) is 34.3 Å². The fraction of sp³-hybridized carbons (Fsp3) is 0.625. The molecule has 0 spiro atoms. The van der Waals surface area contributed by atoms with E-state index < -0.39 is 9.84 Å².